The molecule has 0 saturated heterocycles. The number of H-pyrrole nitrogens is 1. The largest absolute Gasteiger partial charge is 0.351 e. The minimum absolute atomic E-state index is 0.0544. The molecule has 0 aliphatic rings. The highest BCUT2D eigenvalue weighted by atomic mass is 32.1. The first-order chi connectivity index (χ1) is 10.1. The zero-order valence-electron chi connectivity index (χ0n) is 10.4. The third-order valence-electron chi connectivity index (χ3n) is 2.88. The number of thiophene rings is 1. The van der Waals surface area contributed by atoms with Crippen molar-refractivity contribution >= 4 is 32.9 Å². The average Bonchev–Trinajstić information content (AvgIpc) is 2.79. The highest BCUT2D eigenvalue weighted by molar-refractivity contribution is 7.19. The summed E-state index contributed by atoms with van der Waals surface area (Å²) in [7, 11) is 0. The molecule has 2 heterocycles. The second-order valence-electron chi connectivity index (χ2n) is 4.23. The molecule has 0 atom stereocenters. The Morgan fingerprint density at radius 2 is 2.05 bits per heavy atom. The number of benzene rings is 1. The van der Waals surface area contributed by atoms with Gasteiger partial charge in [-0.05, 0) is 18.2 Å². The van der Waals surface area contributed by atoms with Gasteiger partial charge < -0.3 is 10.3 Å². The number of rotatable bonds is 2. The van der Waals surface area contributed by atoms with Gasteiger partial charge >= 0.3 is 0 Å². The molecule has 0 amide bonds. The lowest BCUT2D eigenvalue weighted by Gasteiger charge is -2.07. The van der Waals surface area contributed by atoms with E-state index in [1.54, 1.807) is 6.07 Å². The van der Waals surface area contributed by atoms with Crippen LogP contribution in [0.25, 0.3) is 10.2 Å². The van der Waals surface area contributed by atoms with E-state index in [0.717, 1.165) is 23.5 Å². The second-order valence-corrected chi connectivity index (χ2v) is 5.25. The lowest BCUT2D eigenvalue weighted by atomic mass is 10.2. The van der Waals surface area contributed by atoms with Crippen LogP contribution in [0.4, 0.5) is 20.2 Å². The highest BCUT2D eigenvalue weighted by Gasteiger charge is 2.14. The number of hydrogen-bond donors (Lipinski definition) is 2. The van der Waals surface area contributed by atoms with Crippen molar-refractivity contribution in [2.45, 2.75) is 0 Å². The van der Waals surface area contributed by atoms with Gasteiger partial charge in [0.25, 0.3) is 0 Å². The van der Waals surface area contributed by atoms with Gasteiger partial charge in [-0.25, -0.2) is 8.78 Å². The van der Waals surface area contributed by atoms with E-state index >= 15 is 0 Å². The summed E-state index contributed by atoms with van der Waals surface area (Å²) < 4.78 is 26.6. The molecule has 0 aliphatic carbocycles. The first-order valence-electron chi connectivity index (χ1n) is 5.86. The van der Waals surface area contributed by atoms with Gasteiger partial charge in [0.15, 0.2) is 0 Å². The fourth-order valence-corrected chi connectivity index (χ4v) is 2.88. The number of aromatic nitrogens is 1. The van der Waals surface area contributed by atoms with E-state index in [2.05, 4.69) is 10.3 Å². The van der Waals surface area contributed by atoms with E-state index in [1.165, 1.54) is 12.1 Å². The third kappa shape index (κ3) is 2.37. The fourth-order valence-electron chi connectivity index (χ4n) is 1.94. The van der Waals surface area contributed by atoms with Crippen LogP contribution in [0, 0.1) is 23.0 Å². The Morgan fingerprint density at radius 1 is 1.24 bits per heavy atom. The van der Waals surface area contributed by atoms with Gasteiger partial charge in [0.2, 0.25) is 5.56 Å². The van der Waals surface area contributed by atoms with Crippen molar-refractivity contribution < 1.29 is 8.78 Å². The van der Waals surface area contributed by atoms with Crippen LogP contribution in [0.3, 0.4) is 0 Å². The van der Waals surface area contributed by atoms with Crippen molar-refractivity contribution in [3.63, 3.8) is 0 Å². The van der Waals surface area contributed by atoms with Gasteiger partial charge in [0, 0.05) is 17.5 Å². The van der Waals surface area contributed by atoms with Gasteiger partial charge in [-0.3, -0.25) is 4.79 Å². The molecule has 2 aromatic heterocycles. The monoisotopic (exact) mass is 303 g/mol. The van der Waals surface area contributed by atoms with E-state index in [0.29, 0.717) is 20.8 Å². The Hall–Kier alpha value is -2.72. The summed E-state index contributed by atoms with van der Waals surface area (Å²) >= 11 is 1.09. The molecule has 3 rings (SSSR count). The van der Waals surface area contributed by atoms with Crippen LogP contribution >= 0.6 is 11.3 Å². The molecule has 0 unspecified atom stereocenters. The molecule has 0 aliphatic heterocycles. The Labute approximate surface area is 121 Å². The zero-order chi connectivity index (χ0) is 15.0. The summed E-state index contributed by atoms with van der Waals surface area (Å²) in [4.78, 5) is 14.7. The molecule has 7 heteroatoms. The molecule has 3 aromatic rings. The van der Waals surface area contributed by atoms with Crippen LogP contribution in [0.1, 0.15) is 4.88 Å². The maximum Gasteiger partial charge on any atom is 0.249 e. The van der Waals surface area contributed by atoms with Crippen molar-refractivity contribution in [3.05, 3.63) is 57.2 Å². The van der Waals surface area contributed by atoms with E-state index < -0.39 is 11.6 Å². The summed E-state index contributed by atoms with van der Waals surface area (Å²) in [6, 6.07) is 7.99. The van der Waals surface area contributed by atoms with Gasteiger partial charge in [-0.2, -0.15) is 5.26 Å². The van der Waals surface area contributed by atoms with E-state index in [-0.39, 0.29) is 11.2 Å². The molecule has 2 N–H and O–H groups in total. The van der Waals surface area contributed by atoms with Gasteiger partial charge in [0.05, 0.1) is 11.4 Å². The quantitative estimate of drug-likeness (QED) is 0.761. The van der Waals surface area contributed by atoms with Gasteiger partial charge in [-0.1, -0.05) is 0 Å². The average molecular weight is 303 g/mol. The molecule has 0 bridgehead atoms. The van der Waals surface area contributed by atoms with Crippen molar-refractivity contribution in [2.75, 3.05) is 5.32 Å². The number of nitrogens with one attached hydrogen (secondary N) is 2. The lowest BCUT2D eigenvalue weighted by Crippen LogP contribution is -2.01. The highest BCUT2D eigenvalue weighted by Crippen LogP contribution is 2.35. The normalized spacial score (nSPS) is 10.5. The van der Waals surface area contributed by atoms with E-state index in [4.69, 9.17) is 5.26 Å². The summed E-state index contributed by atoms with van der Waals surface area (Å²) in [6.45, 7) is 0. The van der Waals surface area contributed by atoms with Crippen molar-refractivity contribution in [3.8, 4) is 6.07 Å². The van der Waals surface area contributed by atoms with Crippen LogP contribution in [0.15, 0.2) is 35.1 Å². The number of fused-ring (bicyclic) bond motifs is 1. The van der Waals surface area contributed by atoms with Crippen molar-refractivity contribution in [1.82, 2.24) is 4.98 Å². The van der Waals surface area contributed by atoms with Crippen LogP contribution in [0.5, 0.6) is 0 Å². The number of aromatic amines is 1. The van der Waals surface area contributed by atoms with Crippen LogP contribution in [-0.4, -0.2) is 4.98 Å². The molecule has 0 spiro atoms. The maximum absolute atomic E-state index is 13.7. The van der Waals surface area contributed by atoms with Crippen molar-refractivity contribution in [1.29, 1.82) is 5.26 Å². The first-order valence-corrected chi connectivity index (χ1v) is 6.68. The topological polar surface area (TPSA) is 68.7 Å². The Balaban J connectivity index is 2.15. The molecular formula is C14H7F2N3OS. The summed E-state index contributed by atoms with van der Waals surface area (Å²) in [5.41, 5.74) is 0.158. The number of anilines is 2. The maximum atomic E-state index is 13.7. The van der Waals surface area contributed by atoms with Crippen LogP contribution in [-0.2, 0) is 0 Å². The second kappa shape index (κ2) is 5.00. The minimum atomic E-state index is -0.761. The molecule has 0 saturated carbocycles. The van der Waals surface area contributed by atoms with Gasteiger partial charge in [0.1, 0.15) is 27.4 Å². The molecule has 4 nitrogen and oxygen atoms in total. The number of pyridine rings is 1. The minimum Gasteiger partial charge on any atom is -0.351 e. The summed E-state index contributed by atoms with van der Waals surface area (Å²) in [5.74, 6) is -1.44. The molecule has 0 fully saturated rings. The fraction of sp³-hybridized carbons (Fsp3) is 0. The first kappa shape index (κ1) is 13.3. The van der Waals surface area contributed by atoms with Gasteiger partial charge in [-0.15, -0.1) is 11.3 Å². The van der Waals surface area contributed by atoms with Crippen LogP contribution < -0.4 is 10.9 Å². The Bertz CT molecular complexity index is 940. The predicted molar refractivity (Wildman–Crippen MR) is 76.8 cm³/mol. The van der Waals surface area contributed by atoms with Crippen molar-refractivity contribution in [2.24, 2.45) is 0 Å². The summed E-state index contributed by atoms with van der Waals surface area (Å²) in [6.07, 6.45) is 0. The van der Waals surface area contributed by atoms with E-state index in [1.807, 2.05) is 6.07 Å². The number of nitriles is 1. The molecule has 104 valence electrons. The third-order valence-corrected chi connectivity index (χ3v) is 3.90. The molecule has 1 aromatic carbocycles. The van der Waals surface area contributed by atoms with E-state index in [9.17, 15) is 13.6 Å². The standard InChI is InChI=1S/C14H7F2N3OS/c15-7-1-3-10(9(16)5-7)18-13-8-2-4-12(20)19-14(8)21-11(13)6-17/h1-5,18H,(H,19,20). The predicted octanol–water partition coefficient (Wildman–Crippen LogP) is 3.48. The Morgan fingerprint density at radius 3 is 2.76 bits per heavy atom. The number of halogens is 2. The number of nitrogens with zero attached hydrogens (tertiary/aromatic N) is 1. The lowest BCUT2D eigenvalue weighted by molar-refractivity contribution is 0.586. The summed E-state index contributed by atoms with van der Waals surface area (Å²) in [5, 5.41) is 12.5. The SMILES string of the molecule is N#Cc1sc2[nH]c(=O)ccc2c1Nc1ccc(F)cc1F. The van der Waals surface area contributed by atoms with Crippen LogP contribution in [0.2, 0.25) is 0 Å². The zero-order valence-corrected chi connectivity index (χ0v) is 11.2. The smallest absolute Gasteiger partial charge is 0.249 e. The molecule has 0 radical (unpaired) electrons. The molecule has 21 heavy (non-hydrogen) atoms. The Kier molecular flexibility index (Phi) is 3.16. The molecular weight excluding hydrogens is 296 g/mol. The number of hydrogen-bond acceptors (Lipinski definition) is 4.